The van der Waals surface area contributed by atoms with Crippen LogP contribution in [0.25, 0.3) is 0 Å². The normalized spacial score (nSPS) is 19.1. The predicted molar refractivity (Wildman–Crippen MR) is 60.7 cm³/mol. The number of carboxylic acid groups (broad SMARTS) is 1. The molecular formula is C12H12F3NO4. The topological polar surface area (TPSA) is 68.7 Å². The molecule has 2 rings (SSSR count). The molecule has 1 fully saturated rings. The van der Waals surface area contributed by atoms with Gasteiger partial charge in [-0.1, -0.05) is 0 Å². The van der Waals surface area contributed by atoms with E-state index in [0.717, 1.165) is 18.9 Å². The van der Waals surface area contributed by atoms with Crippen LogP contribution in [0, 0.1) is 0 Å². The van der Waals surface area contributed by atoms with Crippen molar-refractivity contribution in [2.45, 2.75) is 25.1 Å². The Hall–Kier alpha value is -1.83. The Balaban J connectivity index is 2.15. The van der Waals surface area contributed by atoms with Gasteiger partial charge in [0.15, 0.2) is 5.69 Å². The first-order valence-electron chi connectivity index (χ1n) is 5.94. The Morgan fingerprint density at radius 1 is 1.50 bits per heavy atom. The molecule has 20 heavy (non-hydrogen) atoms. The van der Waals surface area contributed by atoms with Crippen molar-refractivity contribution in [3.8, 4) is 5.88 Å². The second-order valence-electron chi connectivity index (χ2n) is 4.29. The van der Waals surface area contributed by atoms with E-state index in [1.54, 1.807) is 0 Å². The molecule has 1 aromatic heterocycles. The minimum Gasteiger partial charge on any atom is -0.476 e. The van der Waals surface area contributed by atoms with Crippen molar-refractivity contribution in [3.63, 3.8) is 0 Å². The Bertz CT molecular complexity index is 498. The zero-order chi connectivity index (χ0) is 14.8. The van der Waals surface area contributed by atoms with E-state index >= 15 is 0 Å². The fourth-order valence-electron chi connectivity index (χ4n) is 1.87. The highest BCUT2D eigenvalue weighted by Gasteiger charge is 2.36. The van der Waals surface area contributed by atoms with Gasteiger partial charge in [0.2, 0.25) is 5.88 Å². The van der Waals surface area contributed by atoms with E-state index in [1.165, 1.54) is 0 Å². The molecule has 1 N–H and O–H groups in total. The van der Waals surface area contributed by atoms with Crippen LogP contribution in [0.5, 0.6) is 5.88 Å². The maximum Gasteiger partial charge on any atom is 0.418 e. The zero-order valence-corrected chi connectivity index (χ0v) is 10.3. The Morgan fingerprint density at radius 2 is 2.25 bits per heavy atom. The third kappa shape index (κ3) is 3.38. The van der Waals surface area contributed by atoms with Gasteiger partial charge in [0.1, 0.15) is 6.61 Å². The van der Waals surface area contributed by atoms with Gasteiger partial charge in [-0.15, -0.1) is 0 Å². The first-order chi connectivity index (χ1) is 9.38. The van der Waals surface area contributed by atoms with Crippen molar-refractivity contribution >= 4 is 5.97 Å². The van der Waals surface area contributed by atoms with Crippen molar-refractivity contribution in [3.05, 3.63) is 23.4 Å². The van der Waals surface area contributed by atoms with E-state index in [4.69, 9.17) is 14.6 Å². The lowest BCUT2D eigenvalue weighted by Gasteiger charge is -2.13. The molecule has 0 aliphatic carbocycles. The summed E-state index contributed by atoms with van der Waals surface area (Å²) in [7, 11) is 0. The van der Waals surface area contributed by atoms with Crippen molar-refractivity contribution in [2.75, 3.05) is 13.2 Å². The molecule has 5 nitrogen and oxygen atoms in total. The summed E-state index contributed by atoms with van der Waals surface area (Å²) in [4.78, 5) is 14.2. The minimum atomic E-state index is -4.77. The number of carbonyl (C=O) groups is 1. The van der Waals surface area contributed by atoms with Crippen LogP contribution in [0.15, 0.2) is 12.1 Å². The third-order valence-corrected chi connectivity index (χ3v) is 2.82. The highest BCUT2D eigenvalue weighted by Crippen LogP contribution is 2.32. The molecule has 0 saturated carbocycles. The lowest BCUT2D eigenvalue weighted by Crippen LogP contribution is -2.19. The standard InChI is InChI=1S/C12H12F3NO4/c13-12(14,15)8-3-4-9(16-10(8)11(17)18)20-6-7-2-1-5-19-7/h3-4,7H,1-2,5-6H2,(H,17,18). The predicted octanol–water partition coefficient (Wildman–Crippen LogP) is 2.36. The van der Waals surface area contributed by atoms with E-state index in [-0.39, 0.29) is 18.6 Å². The first-order valence-corrected chi connectivity index (χ1v) is 5.94. The molecule has 1 atom stereocenters. The van der Waals surface area contributed by atoms with E-state index in [9.17, 15) is 18.0 Å². The highest BCUT2D eigenvalue weighted by molar-refractivity contribution is 5.87. The summed E-state index contributed by atoms with van der Waals surface area (Å²) in [6.45, 7) is 0.756. The molecule has 0 spiro atoms. The number of carboxylic acids is 1. The van der Waals surface area contributed by atoms with Crippen LogP contribution in [0.4, 0.5) is 13.2 Å². The average Bonchev–Trinajstić information content (AvgIpc) is 2.88. The summed E-state index contributed by atoms with van der Waals surface area (Å²) >= 11 is 0. The van der Waals surface area contributed by atoms with Gasteiger partial charge in [-0.25, -0.2) is 9.78 Å². The van der Waals surface area contributed by atoms with Crippen LogP contribution in [-0.4, -0.2) is 35.4 Å². The van der Waals surface area contributed by atoms with Crippen molar-refractivity contribution in [1.82, 2.24) is 4.98 Å². The highest BCUT2D eigenvalue weighted by atomic mass is 19.4. The fourth-order valence-corrected chi connectivity index (χ4v) is 1.87. The largest absolute Gasteiger partial charge is 0.476 e. The number of hydrogen-bond donors (Lipinski definition) is 1. The molecule has 0 radical (unpaired) electrons. The summed E-state index contributed by atoms with van der Waals surface area (Å²) in [5, 5.41) is 8.79. The molecule has 2 heterocycles. The number of aromatic nitrogens is 1. The van der Waals surface area contributed by atoms with Crippen LogP contribution < -0.4 is 4.74 Å². The van der Waals surface area contributed by atoms with Gasteiger partial charge in [-0.05, 0) is 18.9 Å². The van der Waals surface area contributed by atoms with Crippen molar-refractivity contribution in [2.24, 2.45) is 0 Å². The lowest BCUT2D eigenvalue weighted by atomic mass is 10.2. The number of halogens is 3. The Labute approximate surface area is 112 Å². The molecular weight excluding hydrogens is 279 g/mol. The van der Waals surface area contributed by atoms with Crippen LogP contribution in [0.2, 0.25) is 0 Å². The number of pyridine rings is 1. The quantitative estimate of drug-likeness (QED) is 0.922. The molecule has 0 bridgehead atoms. The molecule has 1 aromatic rings. The van der Waals surface area contributed by atoms with Gasteiger partial charge in [-0.3, -0.25) is 0 Å². The zero-order valence-electron chi connectivity index (χ0n) is 10.3. The number of alkyl halides is 3. The number of aromatic carboxylic acids is 1. The Kier molecular flexibility index (Phi) is 4.12. The monoisotopic (exact) mass is 291 g/mol. The number of nitrogens with zero attached hydrogens (tertiary/aromatic N) is 1. The SMILES string of the molecule is O=C(O)c1nc(OCC2CCCO2)ccc1C(F)(F)F. The van der Waals surface area contributed by atoms with Crippen LogP contribution >= 0.6 is 0 Å². The Morgan fingerprint density at radius 3 is 2.80 bits per heavy atom. The summed E-state index contributed by atoms with van der Waals surface area (Å²) in [5.74, 6) is -1.91. The summed E-state index contributed by atoms with van der Waals surface area (Å²) in [6, 6.07) is 1.66. The summed E-state index contributed by atoms with van der Waals surface area (Å²) in [6.07, 6.45) is -3.21. The fraction of sp³-hybridized carbons (Fsp3) is 0.500. The average molecular weight is 291 g/mol. The van der Waals surface area contributed by atoms with Crippen LogP contribution in [0.3, 0.4) is 0 Å². The number of rotatable bonds is 4. The van der Waals surface area contributed by atoms with Gasteiger partial charge in [0.25, 0.3) is 0 Å². The van der Waals surface area contributed by atoms with E-state index in [1.807, 2.05) is 0 Å². The smallest absolute Gasteiger partial charge is 0.418 e. The van der Waals surface area contributed by atoms with Crippen molar-refractivity contribution < 1.29 is 32.5 Å². The van der Waals surface area contributed by atoms with Crippen molar-refractivity contribution in [1.29, 1.82) is 0 Å². The number of ether oxygens (including phenoxy) is 2. The van der Waals surface area contributed by atoms with E-state index < -0.39 is 23.4 Å². The van der Waals surface area contributed by atoms with Gasteiger partial charge in [0.05, 0.1) is 11.7 Å². The molecule has 8 heteroatoms. The molecule has 1 aliphatic heterocycles. The third-order valence-electron chi connectivity index (χ3n) is 2.82. The molecule has 0 amide bonds. The van der Waals surface area contributed by atoms with Gasteiger partial charge < -0.3 is 14.6 Å². The van der Waals surface area contributed by atoms with E-state index in [2.05, 4.69) is 4.98 Å². The molecule has 0 aromatic carbocycles. The summed E-state index contributed by atoms with van der Waals surface area (Å²) < 4.78 is 48.3. The summed E-state index contributed by atoms with van der Waals surface area (Å²) in [5.41, 5.74) is -2.36. The van der Waals surface area contributed by atoms with Gasteiger partial charge in [-0.2, -0.15) is 13.2 Å². The second kappa shape index (κ2) is 5.66. The van der Waals surface area contributed by atoms with Crippen LogP contribution in [0.1, 0.15) is 28.9 Å². The lowest BCUT2D eigenvalue weighted by molar-refractivity contribution is -0.138. The molecule has 110 valence electrons. The maximum atomic E-state index is 12.6. The van der Waals surface area contributed by atoms with E-state index in [0.29, 0.717) is 12.7 Å². The van der Waals surface area contributed by atoms with Crippen LogP contribution in [-0.2, 0) is 10.9 Å². The minimum absolute atomic E-state index is 0.132. The molecule has 1 aliphatic rings. The van der Waals surface area contributed by atoms with Gasteiger partial charge >= 0.3 is 12.1 Å². The molecule has 1 unspecified atom stereocenters. The second-order valence-corrected chi connectivity index (χ2v) is 4.29. The first kappa shape index (κ1) is 14.6. The molecule has 1 saturated heterocycles. The van der Waals surface area contributed by atoms with Gasteiger partial charge in [0, 0.05) is 12.7 Å². The maximum absolute atomic E-state index is 12.6. The number of hydrogen-bond acceptors (Lipinski definition) is 4.